The minimum atomic E-state index is -1.21. The molecular weight excluding hydrogens is 456 g/mol. The van der Waals surface area contributed by atoms with E-state index in [0.29, 0.717) is 6.42 Å². The Morgan fingerprint density at radius 1 is 1.03 bits per heavy atom. The quantitative estimate of drug-likeness (QED) is 0.104. The number of carbonyl (C=O) groups excluding carboxylic acids is 4. The van der Waals surface area contributed by atoms with Gasteiger partial charge in [0.2, 0.25) is 17.7 Å². The number of carbonyl (C=O) groups is 4. The third-order valence-corrected chi connectivity index (χ3v) is 4.59. The van der Waals surface area contributed by atoms with Crippen LogP contribution in [0.3, 0.4) is 0 Å². The van der Waals surface area contributed by atoms with Crippen LogP contribution >= 0.6 is 0 Å². The molecule has 0 aliphatic carbocycles. The van der Waals surface area contributed by atoms with E-state index in [2.05, 4.69) is 26.0 Å². The van der Waals surface area contributed by atoms with E-state index in [4.69, 9.17) is 15.0 Å². The molecule has 0 bridgehead atoms. The average Bonchev–Trinajstić information content (AvgIpc) is 2.81. The fourth-order valence-electron chi connectivity index (χ4n) is 3.02. The monoisotopic (exact) mass is 490 g/mol. The van der Waals surface area contributed by atoms with Gasteiger partial charge in [-0.15, -0.1) is 0 Å². The van der Waals surface area contributed by atoms with Crippen molar-refractivity contribution >= 4 is 23.7 Å². The second-order valence-corrected chi connectivity index (χ2v) is 8.15. The zero-order chi connectivity index (χ0) is 26.1. The van der Waals surface area contributed by atoms with Gasteiger partial charge in [0.15, 0.2) is 0 Å². The largest absolute Gasteiger partial charge is 0.461 e. The topological polar surface area (TPSA) is 172 Å². The first-order valence-electron chi connectivity index (χ1n) is 11.4. The number of azide groups is 1. The molecule has 0 aromatic heterocycles. The molecule has 2 atom stereocenters. The Morgan fingerprint density at radius 3 is 2.37 bits per heavy atom. The van der Waals surface area contributed by atoms with Gasteiger partial charge >= 0.3 is 5.97 Å². The molecule has 0 aliphatic heterocycles. The third-order valence-electron chi connectivity index (χ3n) is 4.59. The Morgan fingerprint density at radius 2 is 1.74 bits per heavy atom. The molecule has 0 unspecified atom stereocenters. The Labute approximate surface area is 204 Å². The van der Waals surface area contributed by atoms with Gasteiger partial charge in [0.05, 0.1) is 19.6 Å². The van der Waals surface area contributed by atoms with Crippen molar-refractivity contribution in [2.24, 2.45) is 11.0 Å². The molecule has 0 saturated heterocycles. The zero-order valence-corrected chi connectivity index (χ0v) is 20.4. The molecule has 12 heteroatoms. The number of ether oxygens (including phenoxy) is 2. The van der Waals surface area contributed by atoms with E-state index in [9.17, 15) is 19.2 Å². The number of rotatable bonds is 16. The molecule has 1 aromatic rings. The lowest BCUT2D eigenvalue weighted by Gasteiger charge is -2.23. The van der Waals surface area contributed by atoms with Gasteiger partial charge in [0.1, 0.15) is 18.7 Å². The highest BCUT2D eigenvalue weighted by Gasteiger charge is 2.29. The first-order valence-corrected chi connectivity index (χ1v) is 11.4. The molecule has 1 rings (SSSR count). The van der Waals surface area contributed by atoms with Crippen LogP contribution in [0.15, 0.2) is 35.4 Å². The lowest BCUT2D eigenvalue weighted by molar-refractivity contribution is -0.147. The van der Waals surface area contributed by atoms with Crippen molar-refractivity contribution in [3.05, 3.63) is 46.3 Å². The first kappa shape index (κ1) is 29.4. The standard InChI is InChI=1S/C23H34N6O6/c1-16(2)13-19(27-17(3)30)23(33)28-20(22(32)25-9-11-34-12-10-26-29-24)14-21(31)35-15-18-7-5-4-6-8-18/h4-8,16,19-20H,9-15H2,1-3H3,(H,25,32)(H,27,30)(H,28,33)/t19-,20+/m1/s1. The molecule has 192 valence electrons. The normalized spacial score (nSPS) is 12.1. The van der Waals surface area contributed by atoms with Gasteiger partial charge < -0.3 is 25.4 Å². The minimum Gasteiger partial charge on any atom is -0.461 e. The molecule has 35 heavy (non-hydrogen) atoms. The number of nitrogens with zero attached hydrogens (tertiary/aromatic N) is 3. The molecule has 12 nitrogen and oxygen atoms in total. The molecule has 1 aromatic carbocycles. The summed E-state index contributed by atoms with van der Waals surface area (Å²) in [6.07, 6.45) is -0.0339. The summed E-state index contributed by atoms with van der Waals surface area (Å²) in [7, 11) is 0. The van der Waals surface area contributed by atoms with Gasteiger partial charge in [0, 0.05) is 24.9 Å². The van der Waals surface area contributed by atoms with Crippen LogP contribution in [0.2, 0.25) is 0 Å². The minimum absolute atomic E-state index is 0.0306. The SMILES string of the molecule is CC(=O)N[C@H](CC(C)C)C(=O)N[C@@H](CC(=O)OCc1ccccc1)C(=O)NCCOCCN=[N+]=[N-]. The number of benzene rings is 1. The molecular formula is C23H34N6O6. The molecule has 0 radical (unpaired) electrons. The Balaban J connectivity index is 2.77. The van der Waals surface area contributed by atoms with Crippen molar-refractivity contribution < 1.29 is 28.7 Å². The number of esters is 1. The van der Waals surface area contributed by atoms with E-state index < -0.39 is 36.3 Å². The summed E-state index contributed by atoms with van der Waals surface area (Å²) < 4.78 is 10.5. The molecule has 0 spiro atoms. The molecule has 0 fully saturated rings. The summed E-state index contributed by atoms with van der Waals surface area (Å²) in [4.78, 5) is 52.2. The van der Waals surface area contributed by atoms with Crippen LogP contribution < -0.4 is 16.0 Å². The van der Waals surface area contributed by atoms with Gasteiger partial charge in [-0.05, 0) is 23.4 Å². The second-order valence-electron chi connectivity index (χ2n) is 8.15. The zero-order valence-electron chi connectivity index (χ0n) is 20.4. The summed E-state index contributed by atoms with van der Waals surface area (Å²) in [5.74, 6) is -2.12. The highest BCUT2D eigenvalue weighted by atomic mass is 16.5. The van der Waals surface area contributed by atoms with Crippen LogP contribution in [-0.2, 0) is 35.3 Å². The fraction of sp³-hybridized carbons (Fsp3) is 0.565. The van der Waals surface area contributed by atoms with Crippen LogP contribution in [0, 0.1) is 5.92 Å². The van der Waals surface area contributed by atoms with Gasteiger partial charge in [-0.25, -0.2) is 0 Å². The maximum atomic E-state index is 12.8. The molecule has 0 saturated carbocycles. The van der Waals surface area contributed by atoms with Crippen LogP contribution in [0.1, 0.15) is 39.2 Å². The third kappa shape index (κ3) is 13.6. The Hall–Kier alpha value is -3.63. The van der Waals surface area contributed by atoms with Crippen LogP contribution in [0.25, 0.3) is 10.4 Å². The van der Waals surface area contributed by atoms with E-state index >= 15 is 0 Å². The van der Waals surface area contributed by atoms with Crippen molar-refractivity contribution in [2.75, 3.05) is 26.3 Å². The summed E-state index contributed by atoms with van der Waals surface area (Å²) in [5.41, 5.74) is 9.02. The summed E-state index contributed by atoms with van der Waals surface area (Å²) in [5, 5.41) is 11.1. The van der Waals surface area contributed by atoms with E-state index in [-0.39, 0.29) is 44.7 Å². The van der Waals surface area contributed by atoms with E-state index in [1.165, 1.54) is 6.92 Å². The maximum Gasteiger partial charge on any atom is 0.308 e. The maximum absolute atomic E-state index is 12.8. The summed E-state index contributed by atoms with van der Waals surface area (Å²) in [6.45, 7) is 5.74. The fourth-order valence-corrected chi connectivity index (χ4v) is 3.02. The summed E-state index contributed by atoms with van der Waals surface area (Å²) >= 11 is 0. The van der Waals surface area contributed by atoms with Crippen LogP contribution in [0.4, 0.5) is 0 Å². The average molecular weight is 491 g/mol. The van der Waals surface area contributed by atoms with Crippen molar-refractivity contribution in [1.29, 1.82) is 0 Å². The van der Waals surface area contributed by atoms with E-state index in [0.717, 1.165) is 5.56 Å². The van der Waals surface area contributed by atoms with Gasteiger partial charge in [-0.3, -0.25) is 19.2 Å². The lowest BCUT2D eigenvalue weighted by Crippen LogP contribution is -2.54. The number of amides is 3. The highest BCUT2D eigenvalue weighted by Crippen LogP contribution is 2.07. The van der Waals surface area contributed by atoms with Crippen molar-refractivity contribution in [2.45, 2.75) is 52.3 Å². The van der Waals surface area contributed by atoms with Crippen molar-refractivity contribution in [1.82, 2.24) is 16.0 Å². The second kappa shape index (κ2) is 16.9. The Bertz CT molecular complexity index is 873. The van der Waals surface area contributed by atoms with E-state index in [1.54, 1.807) is 12.1 Å². The summed E-state index contributed by atoms with van der Waals surface area (Å²) in [6, 6.07) is 6.99. The highest BCUT2D eigenvalue weighted by molar-refractivity contribution is 5.93. The van der Waals surface area contributed by atoms with Gasteiger partial charge in [0.25, 0.3) is 0 Å². The van der Waals surface area contributed by atoms with Gasteiger partial charge in [-0.1, -0.05) is 49.3 Å². The molecule has 0 aliphatic rings. The molecule has 3 amide bonds. The van der Waals surface area contributed by atoms with Crippen molar-refractivity contribution in [3.8, 4) is 0 Å². The van der Waals surface area contributed by atoms with Crippen molar-refractivity contribution in [3.63, 3.8) is 0 Å². The molecule has 3 N–H and O–H groups in total. The smallest absolute Gasteiger partial charge is 0.308 e. The predicted molar refractivity (Wildman–Crippen MR) is 128 cm³/mol. The van der Waals surface area contributed by atoms with Crippen LogP contribution in [0.5, 0.6) is 0 Å². The first-order chi connectivity index (χ1) is 16.7. The number of nitrogens with one attached hydrogen (secondary N) is 3. The number of hydrogen-bond donors (Lipinski definition) is 3. The van der Waals surface area contributed by atoms with Crippen LogP contribution in [-0.4, -0.2) is 62.1 Å². The van der Waals surface area contributed by atoms with Gasteiger partial charge in [-0.2, -0.15) is 0 Å². The number of hydrogen-bond acceptors (Lipinski definition) is 7. The Kier molecular flexibility index (Phi) is 14.2. The lowest BCUT2D eigenvalue weighted by atomic mass is 10.0. The molecule has 0 heterocycles. The predicted octanol–water partition coefficient (Wildman–Crippen LogP) is 1.60. The van der Waals surface area contributed by atoms with E-state index in [1.807, 2.05) is 32.0 Å².